The molecule has 1 aromatic rings. The van der Waals surface area contributed by atoms with Gasteiger partial charge in [0, 0.05) is 24.2 Å². The highest BCUT2D eigenvalue weighted by molar-refractivity contribution is 6.00. The molecule has 24 heavy (non-hydrogen) atoms. The van der Waals surface area contributed by atoms with Crippen molar-refractivity contribution in [1.82, 2.24) is 5.32 Å². The van der Waals surface area contributed by atoms with Crippen LogP contribution in [-0.4, -0.2) is 23.9 Å². The van der Waals surface area contributed by atoms with Gasteiger partial charge in [-0.15, -0.1) is 0 Å². The molecule has 1 aliphatic rings. The van der Waals surface area contributed by atoms with Crippen LogP contribution in [0.15, 0.2) is 24.3 Å². The number of hydrogen-bond donors (Lipinski definition) is 1. The highest BCUT2D eigenvalue weighted by Gasteiger charge is 2.37. The Kier molecular flexibility index (Phi) is 5.02. The zero-order valence-electron chi connectivity index (χ0n) is 15.1. The minimum Gasteiger partial charge on any atom is -0.351 e. The van der Waals surface area contributed by atoms with Crippen LogP contribution in [0.3, 0.4) is 0 Å². The number of hydrogen-bond acceptors (Lipinski definition) is 2. The molecule has 1 aromatic carbocycles. The van der Waals surface area contributed by atoms with Crippen LogP contribution in [0.1, 0.15) is 47.5 Å². The second-order valence-electron chi connectivity index (χ2n) is 8.49. The van der Waals surface area contributed by atoms with Gasteiger partial charge in [0.05, 0.1) is 5.92 Å². The van der Waals surface area contributed by atoms with Gasteiger partial charge in [0.2, 0.25) is 11.8 Å². The van der Waals surface area contributed by atoms with Crippen LogP contribution < -0.4 is 10.2 Å². The summed E-state index contributed by atoms with van der Waals surface area (Å²) in [5, 5.41) is 3.08. The molecule has 1 unspecified atom stereocenters. The second kappa shape index (κ2) is 6.54. The predicted molar refractivity (Wildman–Crippen MR) is 93.2 cm³/mol. The molecule has 1 saturated heterocycles. The van der Waals surface area contributed by atoms with Crippen molar-refractivity contribution in [3.05, 3.63) is 30.1 Å². The average molecular weight is 334 g/mol. The van der Waals surface area contributed by atoms with E-state index in [4.69, 9.17) is 0 Å². The van der Waals surface area contributed by atoms with E-state index < -0.39 is 0 Å². The standard InChI is InChI=1S/C19H27FN2O2/c1-18(2,3)12-19(4,5)21-17(24)13-10-16(23)22(11-13)15-8-6-14(20)7-9-15/h6-9,13H,10-12H2,1-5H3,(H,21,24). The van der Waals surface area contributed by atoms with E-state index in [0.29, 0.717) is 12.2 Å². The Morgan fingerprint density at radius 1 is 1.21 bits per heavy atom. The van der Waals surface area contributed by atoms with Crippen LogP contribution in [0.25, 0.3) is 0 Å². The molecule has 5 heteroatoms. The lowest BCUT2D eigenvalue weighted by Crippen LogP contribution is -2.48. The van der Waals surface area contributed by atoms with Crippen LogP contribution in [-0.2, 0) is 9.59 Å². The number of amides is 2. The largest absolute Gasteiger partial charge is 0.351 e. The molecular formula is C19H27FN2O2. The lowest BCUT2D eigenvalue weighted by Gasteiger charge is -2.34. The summed E-state index contributed by atoms with van der Waals surface area (Å²) in [6.45, 7) is 10.8. The van der Waals surface area contributed by atoms with Crippen molar-refractivity contribution in [3.8, 4) is 0 Å². The van der Waals surface area contributed by atoms with E-state index in [-0.39, 0.29) is 40.9 Å². The molecule has 0 aliphatic carbocycles. The predicted octanol–water partition coefficient (Wildman–Crippen LogP) is 3.51. The fourth-order valence-corrected chi connectivity index (χ4v) is 3.56. The molecule has 1 aliphatic heterocycles. The van der Waals surface area contributed by atoms with Gasteiger partial charge in [-0.05, 0) is 49.9 Å². The molecular weight excluding hydrogens is 307 g/mol. The Morgan fingerprint density at radius 3 is 2.33 bits per heavy atom. The van der Waals surface area contributed by atoms with Crippen molar-refractivity contribution in [3.63, 3.8) is 0 Å². The van der Waals surface area contributed by atoms with Crippen LogP contribution in [0, 0.1) is 17.2 Å². The Balaban J connectivity index is 2.02. The van der Waals surface area contributed by atoms with Gasteiger partial charge in [-0.2, -0.15) is 0 Å². The van der Waals surface area contributed by atoms with Gasteiger partial charge < -0.3 is 10.2 Å². The van der Waals surface area contributed by atoms with E-state index >= 15 is 0 Å². The van der Waals surface area contributed by atoms with Crippen molar-refractivity contribution in [2.75, 3.05) is 11.4 Å². The van der Waals surface area contributed by atoms with E-state index in [1.54, 1.807) is 17.0 Å². The first-order chi connectivity index (χ1) is 11.0. The number of carbonyl (C=O) groups is 2. The summed E-state index contributed by atoms with van der Waals surface area (Å²) in [6, 6.07) is 5.78. The zero-order chi connectivity index (χ0) is 18.1. The van der Waals surface area contributed by atoms with Gasteiger partial charge >= 0.3 is 0 Å². The third-order valence-corrected chi connectivity index (χ3v) is 4.07. The maximum atomic E-state index is 13.0. The van der Waals surface area contributed by atoms with Crippen molar-refractivity contribution in [2.24, 2.45) is 11.3 Å². The van der Waals surface area contributed by atoms with Crippen molar-refractivity contribution < 1.29 is 14.0 Å². The molecule has 0 bridgehead atoms. The maximum absolute atomic E-state index is 13.0. The molecule has 1 fully saturated rings. The van der Waals surface area contributed by atoms with Crippen molar-refractivity contribution in [2.45, 2.75) is 53.0 Å². The normalized spacial score (nSPS) is 18.8. The SMILES string of the molecule is CC(C)(C)CC(C)(C)NC(=O)C1CC(=O)N(c2ccc(F)cc2)C1. The minimum absolute atomic E-state index is 0.0952. The van der Waals surface area contributed by atoms with Crippen molar-refractivity contribution in [1.29, 1.82) is 0 Å². The van der Waals surface area contributed by atoms with Crippen LogP contribution in [0.4, 0.5) is 10.1 Å². The summed E-state index contributed by atoms with van der Waals surface area (Å²) in [4.78, 5) is 26.4. The molecule has 0 saturated carbocycles. The quantitative estimate of drug-likeness (QED) is 0.916. The fraction of sp³-hybridized carbons (Fsp3) is 0.579. The van der Waals surface area contributed by atoms with E-state index in [1.165, 1.54) is 12.1 Å². The number of benzene rings is 1. The first-order valence-electron chi connectivity index (χ1n) is 8.35. The number of nitrogens with zero attached hydrogens (tertiary/aromatic N) is 1. The number of carbonyl (C=O) groups excluding carboxylic acids is 2. The van der Waals surface area contributed by atoms with Gasteiger partial charge in [0.1, 0.15) is 5.82 Å². The Hall–Kier alpha value is -1.91. The van der Waals surface area contributed by atoms with E-state index in [1.807, 2.05) is 13.8 Å². The molecule has 2 rings (SSSR count). The third-order valence-electron chi connectivity index (χ3n) is 4.07. The number of rotatable bonds is 4. The molecule has 2 amide bonds. The smallest absolute Gasteiger partial charge is 0.227 e. The lowest BCUT2D eigenvalue weighted by molar-refractivity contribution is -0.128. The number of anilines is 1. The summed E-state index contributed by atoms with van der Waals surface area (Å²) < 4.78 is 13.0. The molecule has 1 atom stereocenters. The van der Waals surface area contributed by atoms with Crippen LogP contribution in [0.2, 0.25) is 0 Å². The van der Waals surface area contributed by atoms with E-state index in [2.05, 4.69) is 26.1 Å². The molecule has 0 spiro atoms. The topological polar surface area (TPSA) is 49.4 Å². The molecule has 4 nitrogen and oxygen atoms in total. The van der Waals surface area contributed by atoms with E-state index in [0.717, 1.165) is 6.42 Å². The zero-order valence-corrected chi connectivity index (χ0v) is 15.1. The Bertz CT molecular complexity index is 617. The van der Waals surface area contributed by atoms with Crippen LogP contribution >= 0.6 is 0 Å². The Labute approximate surface area is 143 Å². The third kappa shape index (κ3) is 4.79. The van der Waals surface area contributed by atoms with Crippen LogP contribution in [0.5, 0.6) is 0 Å². The highest BCUT2D eigenvalue weighted by atomic mass is 19.1. The lowest BCUT2D eigenvalue weighted by atomic mass is 9.81. The summed E-state index contributed by atoms with van der Waals surface area (Å²) in [5.74, 6) is -0.914. The van der Waals surface area contributed by atoms with Gasteiger partial charge in [-0.1, -0.05) is 20.8 Å². The first-order valence-corrected chi connectivity index (χ1v) is 8.35. The fourth-order valence-electron chi connectivity index (χ4n) is 3.56. The molecule has 132 valence electrons. The Morgan fingerprint density at radius 2 is 1.79 bits per heavy atom. The van der Waals surface area contributed by atoms with E-state index in [9.17, 15) is 14.0 Å². The van der Waals surface area contributed by atoms with Gasteiger partial charge in [-0.3, -0.25) is 9.59 Å². The van der Waals surface area contributed by atoms with Gasteiger partial charge in [0.15, 0.2) is 0 Å². The first kappa shape index (κ1) is 18.4. The maximum Gasteiger partial charge on any atom is 0.227 e. The molecule has 1 heterocycles. The number of nitrogens with one attached hydrogen (secondary N) is 1. The molecule has 0 radical (unpaired) electrons. The average Bonchev–Trinajstić information content (AvgIpc) is 2.78. The van der Waals surface area contributed by atoms with Crippen molar-refractivity contribution >= 4 is 17.5 Å². The monoisotopic (exact) mass is 334 g/mol. The van der Waals surface area contributed by atoms with Gasteiger partial charge in [-0.25, -0.2) is 4.39 Å². The number of halogens is 1. The summed E-state index contributed by atoms with van der Waals surface area (Å²) >= 11 is 0. The molecule has 1 N–H and O–H groups in total. The second-order valence-corrected chi connectivity index (χ2v) is 8.49. The summed E-state index contributed by atoms with van der Waals surface area (Å²) in [5.41, 5.74) is 0.398. The van der Waals surface area contributed by atoms with Gasteiger partial charge in [0.25, 0.3) is 0 Å². The minimum atomic E-state index is -0.373. The highest BCUT2D eigenvalue weighted by Crippen LogP contribution is 2.29. The summed E-state index contributed by atoms with van der Waals surface area (Å²) in [6.07, 6.45) is 1.03. The summed E-state index contributed by atoms with van der Waals surface area (Å²) in [7, 11) is 0. The molecule has 0 aromatic heterocycles.